The van der Waals surface area contributed by atoms with Crippen LogP contribution in [0, 0.1) is 0 Å². The molecule has 2 N–H and O–H groups in total. The zero-order chi connectivity index (χ0) is 13.0. The molecule has 0 aliphatic heterocycles. The molecule has 0 saturated carbocycles. The summed E-state index contributed by atoms with van der Waals surface area (Å²) in [6, 6.07) is 1.45. The Hall–Kier alpha value is -0.810. The molecule has 1 rings (SSSR count). The first-order chi connectivity index (χ1) is 7.90. The van der Waals surface area contributed by atoms with Gasteiger partial charge in [-0.2, -0.15) is 0 Å². The number of carbonyl (C=O) groups excluding carboxylic acids is 1. The van der Waals surface area contributed by atoms with E-state index in [4.69, 9.17) is 11.6 Å². The number of pyridine rings is 1. The number of amides is 1. The fourth-order valence-electron chi connectivity index (χ4n) is 1.20. The van der Waals surface area contributed by atoms with Crippen molar-refractivity contribution >= 4 is 39.3 Å². The van der Waals surface area contributed by atoms with E-state index in [1.807, 2.05) is 13.8 Å². The summed E-state index contributed by atoms with van der Waals surface area (Å²) >= 11 is 9.27. The van der Waals surface area contributed by atoms with Gasteiger partial charge in [0.15, 0.2) is 0 Å². The number of anilines is 1. The molecule has 1 amide bonds. The Kier molecular flexibility index (Phi) is 5.21. The molecule has 0 saturated heterocycles. The molecule has 4 nitrogen and oxygen atoms in total. The van der Waals surface area contributed by atoms with Crippen molar-refractivity contribution in [3.05, 3.63) is 21.8 Å². The molecule has 1 aromatic heterocycles. The van der Waals surface area contributed by atoms with E-state index in [2.05, 4.69) is 31.5 Å². The summed E-state index contributed by atoms with van der Waals surface area (Å²) in [6.07, 6.45) is 1.63. The first kappa shape index (κ1) is 14.3. The third kappa shape index (κ3) is 4.52. The lowest BCUT2D eigenvalue weighted by Gasteiger charge is -2.17. The van der Waals surface area contributed by atoms with Crippen molar-refractivity contribution < 1.29 is 4.79 Å². The maximum atomic E-state index is 11.7. The minimum atomic E-state index is -0.386. The molecule has 1 atom stereocenters. The standard InChI is InChI=1S/C11H15BrClN3O/c1-6(2)15-11(17)7(3)16-10-9(13)4-8(12)5-14-10/h4-7H,1-3H3,(H,14,16)(H,15,17). The molecule has 0 fully saturated rings. The number of halogens is 2. The number of hydrogen-bond donors (Lipinski definition) is 2. The first-order valence-corrected chi connectivity index (χ1v) is 6.45. The van der Waals surface area contributed by atoms with Gasteiger partial charge in [0.05, 0.1) is 5.02 Å². The van der Waals surface area contributed by atoms with Crippen molar-refractivity contribution in [1.82, 2.24) is 10.3 Å². The molecule has 0 radical (unpaired) electrons. The second-order valence-electron chi connectivity index (χ2n) is 4.01. The maximum Gasteiger partial charge on any atom is 0.242 e. The highest BCUT2D eigenvalue weighted by Crippen LogP contribution is 2.23. The Labute approximate surface area is 114 Å². The Morgan fingerprint density at radius 3 is 2.65 bits per heavy atom. The largest absolute Gasteiger partial charge is 0.357 e. The van der Waals surface area contributed by atoms with E-state index in [0.29, 0.717) is 10.8 Å². The van der Waals surface area contributed by atoms with Gasteiger partial charge in [0.2, 0.25) is 5.91 Å². The fraction of sp³-hybridized carbons (Fsp3) is 0.455. The van der Waals surface area contributed by atoms with E-state index in [1.54, 1.807) is 19.2 Å². The van der Waals surface area contributed by atoms with Crippen molar-refractivity contribution in [2.75, 3.05) is 5.32 Å². The fourth-order valence-corrected chi connectivity index (χ4v) is 1.88. The number of nitrogens with zero attached hydrogens (tertiary/aromatic N) is 1. The van der Waals surface area contributed by atoms with Crippen LogP contribution in [0.1, 0.15) is 20.8 Å². The summed E-state index contributed by atoms with van der Waals surface area (Å²) < 4.78 is 0.798. The zero-order valence-electron chi connectivity index (χ0n) is 9.92. The molecule has 6 heteroatoms. The second-order valence-corrected chi connectivity index (χ2v) is 5.34. The zero-order valence-corrected chi connectivity index (χ0v) is 12.3. The van der Waals surface area contributed by atoms with E-state index in [0.717, 1.165) is 4.47 Å². The number of hydrogen-bond acceptors (Lipinski definition) is 3. The summed E-state index contributed by atoms with van der Waals surface area (Å²) in [5.41, 5.74) is 0. The monoisotopic (exact) mass is 319 g/mol. The van der Waals surface area contributed by atoms with E-state index >= 15 is 0 Å². The van der Waals surface area contributed by atoms with Gasteiger partial charge in [0.25, 0.3) is 0 Å². The molecule has 0 aliphatic carbocycles. The summed E-state index contributed by atoms with van der Waals surface area (Å²) in [6.45, 7) is 5.59. The average molecular weight is 321 g/mol. The van der Waals surface area contributed by atoms with Gasteiger partial charge < -0.3 is 10.6 Å². The Balaban J connectivity index is 2.67. The number of rotatable bonds is 4. The molecule has 94 valence electrons. The van der Waals surface area contributed by atoms with Crippen molar-refractivity contribution in [3.63, 3.8) is 0 Å². The van der Waals surface area contributed by atoms with Crippen LogP contribution in [0.25, 0.3) is 0 Å². The highest BCUT2D eigenvalue weighted by molar-refractivity contribution is 9.10. The van der Waals surface area contributed by atoms with Gasteiger partial charge >= 0.3 is 0 Å². The normalized spacial score (nSPS) is 12.4. The molecule has 1 heterocycles. The molecule has 17 heavy (non-hydrogen) atoms. The lowest BCUT2D eigenvalue weighted by atomic mass is 10.2. The lowest BCUT2D eigenvalue weighted by Crippen LogP contribution is -2.41. The van der Waals surface area contributed by atoms with Gasteiger partial charge in [-0.1, -0.05) is 11.6 Å². The summed E-state index contributed by atoms with van der Waals surface area (Å²) in [5.74, 6) is 0.419. The predicted molar refractivity (Wildman–Crippen MR) is 73.3 cm³/mol. The molecule has 0 aromatic carbocycles. The first-order valence-electron chi connectivity index (χ1n) is 5.28. The van der Waals surface area contributed by atoms with E-state index in [9.17, 15) is 4.79 Å². The van der Waals surface area contributed by atoms with Gasteiger partial charge in [0, 0.05) is 16.7 Å². The molecular weight excluding hydrogens is 305 g/mol. The quantitative estimate of drug-likeness (QED) is 0.897. The lowest BCUT2D eigenvalue weighted by molar-refractivity contribution is -0.122. The van der Waals surface area contributed by atoms with Crippen LogP contribution in [-0.4, -0.2) is 23.0 Å². The second kappa shape index (κ2) is 6.21. The molecule has 1 aromatic rings. The summed E-state index contributed by atoms with van der Waals surface area (Å²) in [5, 5.41) is 6.25. The SMILES string of the molecule is CC(C)NC(=O)C(C)Nc1ncc(Br)cc1Cl. The maximum absolute atomic E-state index is 11.7. The van der Waals surface area contributed by atoms with Gasteiger partial charge in [-0.15, -0.1) is 0 Å². The Bertz CT molecular complexity index is 412. The van der Waals surface area contributed by atoms with Crippen LogP contribution >= 0.6 is 27.5 Å². The van der Waals surface area contributed by atoms with Crippen molar-refractivity contribution in [2.24, 2.45) is 0 Å². The minimum Gasteiger partial charge on any atom is -0.357 e. The van der Waals surface area contributed by atoms with Gasteiger partial charge in [0.1, 0.15) is 11.9 Å². The van der Waals surface area contributed by atoms with Gasteiger partial charge in [-0.3, -0.25) is 4.79 Å². The van der Waals surface area contributed by atoms with Crippen LogP contribution in [0.3, 0.4) is 0 Å². The van der Waals surface area contributed by atoms with E-state index in [1.165, 1.54) is 0 Å². The van der Waals surface area contributed by atoms with Gasteiger partial charge in [-0.25, -0.2) is 4.98 Å². The van der Waals surface area contributed by atoms with E-state index in [-0.39, 0.29) is 18.0 Å². The molecule has 1 unspecified atom stereocenters. The topological polar surface area (TPSA) is 54.0 Å². The molecular formula is C11H15BrClN3O. The number of carbonyl (C=O) groups is 1. The third-order valence-corrected chi connectivity index (χ3v) is 2.71. The Morgan fingerprint density at radius 2 is 2.12 bits per heavy atom. The summed E-state index contributed by atoms with van der Waals surface area (Å²) in [4.78, 5) is 15.8. The van der Waals surface area contributed by atoms with Crippen molar-refractivity contribution in [2.45, 2.75) is 32.9 Å². The van der Waals surface area contributed by atoms with Crippen LogP contribution in [0.5, 0.6) is 0 Å². The third-order valence-electron chi connectivity index (χ3n) is 1.99. The molecule has 0 spiro atoms. The number of nitrogens with one attached hydrogen (secondary N) is 2. The van der Waals surface area contributed by atoms with E-state index < -0.39 is 0 Å². The number of aromatic nitrogens is 1. The van der Waals surface area contributed by atoms with Crippen LogP contribution in [0.15, 0.2) is 16.7 Å². The van der Waals surface area contributed by atoms with Crippen molar-refractivity contribution in [1.29, 1.82) is 0 Å². The minimum absolute atomic E-state index is 0.0826. The van der Waals surface area contributed by atoms with Crippen molar-refractivity contribution in [3.8, 4) is 0 Å². The van der Waals surface area contributed by atoms with Crippen LogP contribution in [0.4, 0.5) is 5.82 Å². The molecule has 0 aliphatic rings. The van der Waals surface area contributed by atoms with Crippen LogP contribution in [-0.2, 0) is 4.79 Å². The smallest absolute Gasteiger partial charge is 0.242 e. The highest BCUT2D eigenvalue weighted by atomic mass is 79.9. The summed E-state index contributed by atoms with van der Waals surface area (Å²) in [7, 11) is 0. The van der Waals surface area contributed by atoms with Crippen LogP contribution < -0.4 is 10.6 Å². The Morgan fingerprint density at radius 1 is 1.47 bits per heavy atom. The van der Waals surface area contributed by atoms with Crippen LogP contribution in [0.2, 0.25) is 5.02 Å². The van der Waals surface area contributed by atoms with Gasteiger partial charge in [-0.05, 0) is 42.8 Å². The highest BCUT2D eigenvalue weighted by Gasteiger charge is 2.15. The average Bonchev–Trinajstić information content (AvgIpc) is 2.21. The predicted octanol–water partition coefficient (Wildman–Crippen LogP) is 2.82. The molecule has 0 bridgehead atoms.